The summed E-state index contributed by atoms with van der Waals surface area (Å²) in [6.07, 6.45) is 0. The van der Waals surface area contributed by atoms with Gasteiger partial charge in [0.2, 0.25) is 12.7 Å². The molecule has 1 saturated heterocycles. The van der Waals surface area contributed by atoms with Crippen molar-refractivity contribution in [2.45, 2.75) is 6.54 Å². The molecule has 2 heterocycles. The van der Waals surface area contributed by atoms with Crippen molar-refractivity contribution in [1.82, 2.24) is 10.2 Å². The number of carbonyl (C=O) groups excluding carboxylic acids is 2. The Hall–Kier alpha value is -3.29. The summed E-state index contributed by atoms with van der Waals surface area (Å²) in [7, 11) is 0. The van der Waals surface area contributed by atoms with E-state index in [1.54, 1.807) is 35.2 Å². The molecule has 1 fully saturated rings. The summed E-state index contributed by atoms with van der Waals surface area (Å²) in [5, 5.41) is 2.74. The zero-order valence-electron chi connectivity index (χ0n) is 14.5. The SMILES string of the molecule is O=C(CN1CCN(c2ccc3c(c2)OCO3)C1=O)NCc1ccc(F)cc1. The number of rotatable bonds is 5. The van der Waals surface area contributed by atoms with Crippen molar-refractivity contribution in [2.24, 2.45) is 0 Å². The Morgan fingerprint density at radius 1 is 1.07 bits per heavy atom. The number of urea groups is 1. The van der Waals surface area contributed by atoms with Crippen LogP contribution in [-0.4, -0.2) is 43.3 Å². The van der Waals surface area contributed by atoms with Gasteiger partial charge in [0, 0.05) is 31.4 Å². The summed E-state index contributed by atoms with van der Waals surface area (Å²) in [6.45, 7) is 1.38. The van der Waals surface area contributed by atoms with Crippen molar-refractivity contribution >= 4 is 17.6 Å². The molecule has 0 unspecified atom stereocenters. The highest BCUT2D eigenvalue weighted by Crippen LogP contribution is 2.36. The van der Waals surface area contributed by atoms with Crippen LogP contribution in [0.2, 0.25) is 0 Å². The van der Waals surface area contributed by atoms with Crippen molar-refractivity contribution in [3.05, 3.63) is 53.8 Å². The number of hydrogen-bond acceptors (Lipinski definition) is 4. The molecule has 140 valence electrons. The maximum Gasteiger partial charge on any atom is 0.325 e. The molecular weight excluding hydrogens is 353 g/mol. The molecule has 0 spiro atoms. The van der Waals surface area contributed by atoms with Gasteiger partial charge in [-0.05, 0) is 29.8 Å². The van der Waals surface area contributed by atoms with Crippen LogP contribution in [0.4, 0.5) is 14.9 Å². The lowest BCUT2D eigenvalue weighted by atomic mass is 10.2. The number of carbonyl (C=O) groups is 2. The molecule has 0 saturated carbocycles. The predicted molar refractivity (Wildman–Crippen MR) is 95.1 cm³/mol. The van der Waals surface area contributed by atoms with Gasteiger partial charge in [0.05, 0.1) is 0 Å². The average molecular weight is 371 g/mol. The lowest BCUT2D eigenvalue weighted by Gasteiger charge is -2.18. The molecule has 2 aliphatic rings. The van der Waals surface area contributed by atoms with Gasteiger partial charge >= 0.3 is 6.03 Å². The summed E-state index contributed by atoms with van der Waals surface area (Å²) in [4.78, 5) is 27.9. The standard InChI is InChI=1S/C19H18FN3O4/c20-14-3-1-13(2-4-14)10-21-18(24)11-22-7-8-23(19(22)25)15-5-6-16-17(9-15)27-12-26-16/h1-6,9H,7-8,10-12H2,(H,21,24). The van der Waals surface area contributed by atoms with Gasteiger partial charge in [0.25, 0.3) is 0 Å². The largest absolute Gasteiger partial charge is 0.454 e. The number of nitrogens with zero attached hydrogens (tertiary/aromatic N) is 2. The summed E-state index contributed by atoms with van der Waals surface area (Å²) >= 11 is 0. The lowest BCUT2D eigenvalue weighted by Crippen LogP contribution is -2.39. The van der Waals surface area contributed by atoms with E-state index in [1.165, 1.54) is 17.0 Å². The number of anilines is 1. The van der Waals surface area contributed by atoms with Crippen LogP contribution in [0.1, 0.15) is 5.56 Å². The molecule has 0 bridgehead atoms. The zero-order valence-corrected chi connectivity index (χ0v) is 14.5. The number of benzene rings is 2. The van der Waals surface area contributed by atoms with E-state index in [9.17, 15) is 14.0 Å². The van der Waals surface area contributed by atoms with E-state index >= 15 is 0 Å². The van der Waals surface area contributed by atoms with Crippen molar-refractivity contribution in [1.29, 1.82) is 0 Å². The van der Waals surface area contributed by atoms with Crippen molar-refractivity contribution in [3.63, 3.8) is 0 Å². The molecule has 0 aliphatic carbocycles. The van der Waals surface area contributed by atoms with E-state index in [0.717, 1.165) is 5.56 Å². The molecule has 7 nitrogen and oxygen atoms in total. The monoisotopic (exact) mass is 371 g/mol. The number of ether oxygens (including phenoxy) is 2. The molecule has 0 radical (unpaired) electrons. The summed E-state index contributed by atoms with van der Waals surface area (Å²) < 4.78 is 23.5. The van der Waals surface area contributed by atoms with Crippen LogP contribution in [0.5, 0.6) is 11.5 Å². The molecule has 8 heteroatoms. The first-order valence-corrected chi connectivity index (χ1v) is 8.57. The van der Waals surface area contributed by atoms with Gasteiger partial charge < -0.3 is 19.7 Å². The highest BCUT2D eigenvalue weighted by atomic mass is 19.1. The van der Waals surface area contributed by atoms with Crippen LogP contribution in [0.25, 0.3) is 0 Å². The minimum Gasteiger partial charge on any atom is -0.454 e. The molecule has 27 heavy (non-hydrogen) atoms. The first-order chi connectivity index (χ1) is 13.1. The zero-order chi connectivity index (χ0) is 18.8. The maximum absolute atomic E-state index is 12.9. The van der Waals surface area contributed by atoms with Gasteiger partial charge in [0.1, 0.15) is 12.4 Å². The molecule has 0 atom stereocenters. The molecule has 2 aromatic rings. The third-order valence-corrected chi connectivity index (χ3v) is 4.50. The fourth-order valence-electron chi connectivity index (χ4n) is 3.05. The van der Waals surface area contributed by atoms with Crippen molar-refractivity contribution in [3.8, 4) is 11.5 Å². The number of amides is 3. The summed E-state index contributed by atoms with van der Waals surface area (Å²) in [5.74, 6) is 0.676. The highest BCUT2D eigenvalue weighted by Gasteiger charge is 2.31. The second kappa shape index (κ2) is 7.14. The molecular formula is C19H18FN3O4. The Balaban J connectivity index is 1.33. The number of nitrogens with one attached hydrogen (secondary N) is 1. The van der Waals surface area contributed by atoms with E-state index in [-0.39, 0.29) is 37.6 Å². The van der Waals surface area contributed by atoms with Gasteiger partial charge in [-0.25, -0.2) is 9.18 Å². The van der Waals surface area contributed by atoms with Crippen molar-refractivity contribution < 1.29 is 23.5 Å². The third-order valence-electron chi connectivity index (χ3n) is 4.50. The van der Waals surface area contributed by atoms with E-state index in [4.69, 9.17) is 9.47 Å². The van der Waals surface area contributed by atoms with Crippen LogP contribution in [-0.2, 0) is 11.3 Å². The fourth-order valence-corrected chi connectivity index (χ4v) is 3.05. The lowest BCUT2D eigenvalue weighted by molar-refractivity contribution is -0.121. The highest BCUT2D eigenvalue weighted by molar-refractivity contribution is 5.96. The topological polar surface area (TPSA) is 71.1 Å². The van der Waals surface area contributed by atoms with E-state index in [2.05, 4.69) is 5.32 Å². The minimum atomic E-state index is -0.323. The smallest absolute Gasteiger partial charge is 0.325 e. The minimum absolute atomic E-state index is 0.0267. The quantitative estimate of drug-likeness (QED) is 0.874. The van der Waals surface area contributed by atoms with Gasteiger partial charge in [-0.2, -0.15) is 0 Å². The first kappa shape index (κ1) is 17.1. The number of hydrogen-bond donors (Lipinski definition) is 1. The van der Waals surface area contributed by atoms with Crippen LogP contribution in [0.15, 0.2) is 42.5 Å². The molecule has 0 aromatic heterocycles. The Morgan fingerprint density at radius 2 is 1.85 bits per heavy atom. The van der Waals surface area contributed by atoms with Crippen molar-refractivity contribution in [2.75, 3.05) is 31.3 Å². The predicted octanol–water partition coefficient (Wildman–Crippen LogP) is 2.11. The van der Waals surface area contributed by atoms with Gasteiger partial charge in [-0.3, -0.25) is 9.69 Å². The van der Waals surface area contributed by atoms with Gasteiger partial charge in [-0.1, -0.05) is 12.1 Å². The first-order valence-electron chi connectivity index (χ1n) is 8.57. The maximum atomic E-state index is 12.9. The summed E-state index contributed by atoms with van der Waals surface area (Å²) in [5.41, 5.74) is 1.50. The van der Waals surface area contributed by atoms with E-state index < -0.39 is 0 Å². The normalized spacial score (nSPS) is 15.4. The van der Waals surface area contributed by atoms with E-state index in [0.29, 0.717) is 30.3 Å². The molecule has 2 aromatic carbocycles. The Morgan fingerprint density at radius 3 is 2.67 bits per heavy atom. The second-order valence-electron chi connectivity index (χ2n) is 6.30. The number of halogens is 1. The van der Waals surface area contributed by atoms with Crippen LogP contribution >= 0.6 is 0 Å². The second-order valence-corrected chi connectivity index (χ2v) is 6.30. The Labute approximate surface area is 155 Å². The molecule has 2 aliphatic heterocycles. The number of fused-ring (bicyclic) bond motifs is 1. The Bertz CT molecular complexity index is 872. The third kappa shape index (κ3) is 3.64. The fraction of sp³-hybridized carbons (Fsp3) is 0.263. The molecule has 4 rings (SSSR count). The van der Waals surface area contributed by atoms with Gasteiger partial charge in [-0.15, -0.1) is 0 Å². The Kier molecular flexibility index (Phi) is 4.53. The average Bonchev–Trinajstić information content (AvgIpc) is 3.28. The van der Waals surface area contributed by atoms with Crippen LogP contribution in [0.3, 0.4) is 0 Å². The van der Waals surface area contributed by atoms with E-state index in [1.807, 2.05) is 0 Å². The van der Waals surface area contributed by atoms with Gasteiger partial charge in [0.15, 0.2) is 11.5 Å². The van der Waals surface area contributed by atoms with Crippen LogP contribution in [0, 0.1) is 5.82 Å². The molecule has 1 N–H and O–H groups in total. The molecule has 3 amide bonds. The van der Waals surface area contributed by atoms with Crippen LogP contribution < -0.4 is 19.7 Å². The summed E-state index contributed by atoms with van der Waals surface area (Å²) in [6, 6.07) is 11.0.